The highest BCUT2D eigenvalue weighted by Crippen LogP contribution is 2.31. The third kappa shape index (κ3) is 5.31. The lowest BCUT2D eigenvalue weighted by Gasteiger charge is -2.44. The number of carbonyl (C=O) groups excluding carboxylic acids is 4. The Balaban J connectivity index is 1.32. The topological polar surface area (TPSA) is 116 Å². The maximum absolute atomic E-state index is 13.1. The lowest BCUT2D eigenvalue weighted by atomic mass is 9.83. The van der Waals surface area contributed by atoms with E-state index in [2.05, 4.69) is 15.3 Å². The molecule has 178 valence electrons. The van der Waals surface area contributed by atoms with Crippen LogP contribution in [-0.2, 0) is 9.59 Å². The van der Waals surface area contributed by atoms with Crippen molar-refractivity contribution in [3.05, 3.63) is 23.8 Å². The van der Waals surface area contributed by atoms with Crippen LogP contribution < -0.4 is 5.32 Å². The van der Waals surface area contributed by atoms with Crippen molar-refractivity contribution in [2.75, 3.05) is 32.7 Å². The molecule has 0 spiro atoms. The molecule has 3 fully saturated rings. The number of nitrogens with zero attached hydrogens (tertiary/aromatic N) is 5. The first-order valence-electron chi connectivity index (χ1n) is 11.9. The highest BCUT2D eigenvalue weighted by atomic mass is 16.2. The summed E-state index contributed by atoms with van der Waals surface area (Å²) in [5.41, 5.74) is 1.14. The van der Waals surface area contributed by atoms with Crippen molar-refractivity contribution in [3.8, 4) is 0 Å². The molecule has 3 saturated heterocycles. The number of carbonyl (C=O) groups is 4. The first kappa shape index (κ1) is 23.1. The van der Waals surface area contributed by atoms with Gasteiger partial charge in [0, 0.05) is 57.8 Å². The van der Waals surface area contributed by atoms with Gasteiger partial charge >= 0.3 is 6.03 Å². The molecule has 0 aliphatic carbocycles. The van der Waals surface area contributed by atoms with Gasteiger partial charge < -0.3 is 15.1 Å². The molecule has 33 heavy (non-hydrogen) atoms. The number of nitrogens with one attached hydrogen (secondary N) is 1. The maximum atomic E-state index is 13.1. The zero-order chi connectivity index (χ0) is 23.4. The summed E-state index contributed by atoms with van der Waals surface area (Å²) in [6.45, 7) is 4.30. The highest BCUT2D eigenvalue weighted by molar-refractivity contribution is 5.97. The van der Waals surface area contributed by atoms with Crippen molar-refractivity contribution < 1.29 is 19.2 Å². The molecule has 1 aromatic heterocycles. The third-order valence-corrected chi connectivity index (χ3v) is 6.95. The second kappa shape index (κ2) is 10.3. The molecule has 0 unspecified atom stereocenters. The Morgan fingerprint density at radius 1 is 1.06 bits per heavy atom. The number of hydrogen-bond acceptors (Lipinski definition) is 6. The lowest BCUT2D eigenvalue weighted by Crippen LogP contribution is -2.53. The fraction of sp³-hybridized carbons (Fsp3) is 0.652. The minimum Gasteiger partial charge on any atom is -0.339 e. The number of aryl methyl sites for hydroxylation is 1. The van der Waals surface area contributed by atoms with Crippen LogP contribution in [-0.4, -0.2) is 87.2 Å². The van der Waals surface area contributed by atoms with Gasteiger partial charge in [-0.3, -0.25) is 24.3 Å². The van der Waals surface area contributed by atoms with Gasteiger partial charge in [-0.2, -0.15) is 0 Å². The first-order valence-corrected chi connectivity index (χ1v) is 11.9. The fourth-order valence-corrected chi connectivity index (χ4v) is 5.11. The standard InChI is InChI=1S/C23H32N6O4/c1-16-14-26-18(15-25-16)22(32)27-11-6-17(7-12-27)19-4-2-3-10-28(19)21(31)8-13-29-20(30)5-9-24-23(29)33/h14-15,17,19H,2-13H2,1H3,(H,24,33)/t19-/m0/s1. The number of imide groups is 1. The fourth-order valence-electron chi connectivity index (χ4n) is 5.11. The molecule has 4 rings (SSSR count). The average molecular weight is 457 g/mol. The highest BCUT2D eigenvalue weighted by Gasteiger charge is 2.36. The smallest absolute Gasteiger partial charge is 0.324 e. The van der Waals surface area contributed by atoms with Crippen molar-refractivity contribution in [2.45, 2.75) is 57.9 Å². The molecular formula is C23H32N6O4. The number of rotatable bonds is 5. The van der Waals surface area contributed by atoms with Crippen molar-refractivity contribution in [3.63, 3.8) is 0 Å². The molecule has 3 aliphatic heterocycles. The molecule has 5 amide bonds. The van der Waals surface area contributed by atoms with Crippen LogP contribution in [0.3, 0.4) is 0 Å². The number of urea groups is 1. The molecule has 0 aromatic carbocycles. The van der Waals surface area contributed by atoms with E-state index >= 15 is 0 Å². The maximum Gasteiger partial charge on any atom is 0.324 e. The van der Waals surface area contributed by atoms with Crippen LogP contribution in [0.5, 0.6) is 0 Å². The van der Waals surface area contributed by atoms with Crippen LogP contribution in [0.15, 0.2) is 12.4 Å². The van der Waals surface area contributed by atoms with Gasteiger partial charge in [-0.1, -0.05) is 0 Å². The van der Waals surface area contributed by atoms with Crippen molar-refractivity contribution in [2.24, 2.45) is 5.92 Å². The van der Waals surface area contributed by atoms with E-state index in [0.717, 1.165) is 42.7 Å². The number of likely N-dealkylation sites (tertiary alicyclic amines) is 2. The van der Waals surface area contributed by atoms with Gasteiger partial charge in [-0.15, -0.1) is 0 Å². The Morgan fingerprint density at radius 3 is 2.55 bits per heavy atom. The van der Waals surface area contributed by atoms with Crippen LogP contribution in [0.25, 0.3) is 0 Å². The Morgan fingerprint density at radius 2 is 1.85 bits per heavy atom. The SMILES string of the molecule is Cc1cnc(C(=O)N2CCC([C@@H]3CCCCN3C(=O)CCN3C(=O)CCNC3=O)CC2)cn1. The van der Waals surface area contributed by atoms with E-state index in [4.69, 9.17) is 0 Å². The van der Waals surface area contributed by atoms with Gasteiger partial charge in [0.2, 0.25) is 11.8 Å². The molecule has 0 saturated carbocycles. The van der Waals surface area contributed by atoms with Gasteiger partial charge in [-0.05, 0) is 44.9 Å². The first-order chi connectivity index (χ1) is 15.9. The summed E-state index contributed by atoms with van der Waals surface area (Å²) in [4.78, 5) is 63.1. The van der Waals surface area contributed by atoms with E-state index in [1.54, 1.807) is 6.20 Å². The van der Waals surface area contributed by atoms with Gasteiger partial charge in [0.1, 0.15) is 5.69 Å². The molecule has 10 nitrogen and oxygen atoms in total. The largest absolute Gasteiger partial charge is 0.339 e. The Labute approximate surface area is 193 Å². The number of amides is 5. The number of hydrogen-bond donors (Lipinski definition) is 1. The van der Waals surface area contributed by atoms with Gasteiger partial charge in [0.05, 0.1) is 11.9 Å². The van der Waals surface area contributed by atoms with Gasteiger partial charge in [0.25, 0.3) is 5.91 Å². The summed E-state index contributed by atoms with van der Waals surface area (Å²) < 4.78 is 0. The molecule has 10 heteroatoms. The van der Waals surface area contributed by atoms with Crippen molar-refractivity contribution in [1.82, 2.24) is 30.0 Å². The third-order valence-electron chi connectivity index (χ3n) is 6.95. The predicted molar refractivity (Wildman–Crippen MR) is 119 cm³/mol. The summed E-state index contributed by atoms with van der Waals surface area (Å²) in [5.74, 6) is 0.0145. The van der Waals surface area contributed by atoms with Crippen LogP contribution in [0.4, 0.5) is 4.79 Å². The van der Waals surface area contributed by atoms with Crippen molar-refractivity contribution in [1.29, 1.82) is 0 Å². The molecule has 1 atom stereocenters. The minimum atomic E-state index is -0.412. The summed E-state index contributed by atoms with van der Waals surface area (Å²) in [6.07, 6.45) is 8.24. The monoisotopic (exact) mass is 456 g/mol. The van der Waals surface area contributed by atoms with Gasteiger partial charge in [-0.25, -0.2) is 9.78 Å². The zero-order valence-corrected chi connectivity index (χ0v) is 19.2. The van der Waals surface area contributed by atoms with Crippen LogP contribution >= 0.6 is 0 Å². The molecular weight excluding hydrogens is 424 g/mol. The molecule has 4 heterocycles. The van der Waals surface area contributed by atoms with E-state index < -0.39 is 6.03 Å². The van der Waals surface area contributed by atoms with Crippen LogP contribution in [0, 0.1) is 12.8 Å². The summed E-state index contributed by atoms with van der Waals surface area (Å²) in [6, 6.07) is -0.266. The molecule has 1 N–H and O–H groups in total. The minimum absolute atomic E-state index is 0.000640. The normalized spacial score (nSPS) is 22.3. The van der Waals surface area contributed by atoms with E-state index in [0.29, 0.717) is 37.8 Å². The Hall–Kier alpha value is -3.04. The zero-order valence-electron chi connectivity index (χ0n) is 19.2. The Bertz CT molecular complexity index is 881. The second-order valence-corrected chi connectivity index (χ2v) is 9.10. The second-order valence-electron chi connectivity index (χ2n) is 9.10. The molecule has 0 radical (unpaired) electrons. The van der Waals surface area contributed by atoms with E-state index in [1.165, 1.54) is 6.20 Å². The number of piperidine rings is 2. The molecule has 3 aliphatic rings. The van der Waals surface area contributed by atoms with Crippen molar-refractivity contribution >= 4 is 23.8 Å². The molecule has 1 aromatic rings. The van der Waals surface area contributed by atoms with E-state index in [-0.39, 0.29) is 43.1 Å². The van der Waals surface area contributed by atoms with E-state index in [1.807, 2.05) is 16.7 Å². The summed E-state index contributed by atoms with van der Waals surface area (Å²) >= 11 is 0. The summed E-state index contributed by atoms with van der Waals surface area (Å²) in [5, 5.41) is 2.65. The predicted octanol–water partition coefficient (Wildman–Crippen LogP) is 1.35. The Kier molecular flexibility index (Phi) is 7.20. The summed E-state index contributed by atoms with van der Waals surface area (Å²) in [7, 11) is 0. The van der Waals surface area contributed by atoms with Gasteiger partial charge in [0.15, 0.2) is 0 Å². The average Bonchev–Trinajstić information content (AvgIpc) is 2.84. The molecule has 0 bridgehead atoms. The van der Waals surface area contributed by atoms with Crippen LogP contribution in [0.2, 0.25) is 0 Å². The van der Waals surface area contributed by atoms with E-state index in [9.17, 15) is 19.2 Å². The lowest BCUT2D eigenvalue weighted by molar-refractivity contribution is -0.137. The van der Waals surface area contributed by atoms with Crippen LogP contribution in [0.1, 0.15) is 61.1 Å². The number of aromatic nitrogens is 2. The quantitative estimate of drug-likeness (QED) is 0.715.